The molecule has 0 saturated heterocycles. The highest BCUT2D eigenvalue weighted by Crippen LogP contribution is 2.26. The maximum atomic E-state index is 12.1. The molecule has 1 saturated carbocycles. The minimum Gasteiger partial charge on any atom is -0.444 e. The Morgan fingerprint density at radius 2 is 1.96 bits per heavy atom. The molecule has 130 valence electrons. The molecule has 1 aromatic carbocycles. The van der Waals surface area contributed by atoms with Gasteiger partial charge in [-0.25, -0.2) is 4.79 Å². The molecule has 0 radical (unpaired) electrons. The minimum atomic E-state index is -0.500. The first-order chi connectivity index (χ1) is 11.3. The van der Waals surface area contributed by atoms with Gasteiger partial charge in [-0.2, -0.15) is 5.26 Å². The Balaban J connectivity index is 2.03. The summed E-state index contributed by atoms with van der Waals surface area (Å²) >= 11 is 3.41. The minimum absolute atomic E-state index is 0.0306. The van der Waals surface area contributed by atoms with Gasteiger partial charge in [0, 0.05) is 16.2 Å². The lowest BCUT2D eigenvalue weighted by Crippen LogP contribution is -2.49. The van der Waals surface area contributed by atoms with Gasteiger partial charge in [0.15, 0.2) is 0 Å². The number of carbonyl (C=O) groups excluding carboxylic acids is 1. The van der Waals surface area contributed by atoms with Gasteiger partial charge in [-0.1, -0.05) is 12.8 Å². The zero-order valence-electron chi connectivity index (χ0n) is 14.4. The van der Waals surface area contributed by atoms with E-state index in [0.717, 1.165) is 35.8 Å². The number of nitrogens with zero attached hydrogens (tertiary/aromatic N) is 1. The quantitative estimate of drug-likeness (QED) is 0.788. The average Bonchev–Trinajstić information content (AvgIpc) is 2.47. The molecule has 2 N–H and O–H groups in total. The van der Waals surface area contributed by atoms with Gasteiger partial charge in [0.05, 0.1) is 11.6 Å². The summed E-state index contributed by atoms with van der Waals surface area (Å²) in [6.45, 7) is 5.58. The third-order valence-electron chi connectivity index (χ3n) is 3.91. The van der Waals surface area contributed by atoms with Crippen LogP contribution in [0.25, 0.3) is 0 Å². The Morgan fingerprint density at radius 1 is 1.29 bits per heavy atom. The summed E-state index contributed by atoms with van der Waals surface area (Å²) in [5, 5.41) is 15.5. The standard InChI is InChI=1S/C18H24BrN3O2/c1-18(2,3)24-17(23)22-16-7-5-4-6-15(16)21-13-9-8-12(11-20)14(19)10-13/h8-10,15-16,21H,4-7H2,1-3H3,(H,22,23)/t15?,16-/m0/s1. The van der Waals surface area contributed by atoms with Crippen LogP contribution < -0.4 is 10.6 Å². The first kappa shape index (κ1) is 18.6. The molecule has 0 heterocycles. The monoisotopic (exact) mass is 393 g/mol. The fraction of sp³-hybridized carbons (Fsp3) is 0.556. The van der Waals surface area contributed by atoms with Crippen LogP contribution in [0.3, 0.4) is 0 Å². The molecule has 2 atom stereocenters. The molecule has 6 heteroatoms. The van der Waals surface area contributed by atoms with Crippen molar-refractivity contribution < 1.29 is 9.53 Å². The second-order valence-corrected chi connectivity index (χ2v) is 7.95. The van der Waals surface area contributed by atoms with Crippen LogP contribution in [0.4, 0.5) is 10.5 Å². The zero-order chi connectivity index (χ0) is 17.7. The molecule has 24 heavy (non-hydrogen) atoms. The van der Waals surface area contributed by atoms with E-state index < -0.39 is 5.60 Å². The zero-order valence-corrected chi connectivity index (χ0v) is 15.9. The van der Waals surface area contributed by atoms with E-state index in [9.17, 15) is 4.79 Å². The van der Waals surface area contributed by atoms with E-state index >= 15 is 0 Å². The summed E-state index contributed by atoms with van der Waals surface area (Å²) in [4.78, 5) is 12.1. The van der Waals surface area contributed by atoms with E-state index in [4.69, 9.17) is 10.00 Å². The SMILES string of the molecule is CC(C)(C)OC(=O)N[C@H]1CCCCC1Nc1ccc(C#N)c(Br)c1. The molecule has 0 bridgehead atoms. The summed E-state index contributed by atoms with van der Waals surface area (Å²) in [5.74, 6) is 0. The number of rotatable bonds is 3. The second-order valence-electron chi connectivity index (χ2n) is 7.09. The Bertz CT molecular complexity index is 634. The average molecular weight is 394 g/mol. The van der Waals surface area contributed by atoms with Gasteiger partial charge in [-0.05, 0) is 67.7 Å². The van der Waals surface area contributed by atoms with Crippen molar-refractivity contribution in [2.45, 2.75) is 64.1 Å². The van der Waals surface area contributed by atoms with Crippen molar-refractivity contribution in [2.24, 2.45) is 0 Å². The lowest BCUT2D eigenvalue weighted by molar-refractivity contribution is 0.0488. The number of nitriles is 1. The predicted octanol–water partition coefficient (Wildman–Crippen LogP) is 4.57. The molecule has 1 amide bonds. The molecule has 1 unspecified atom stereocenters. The Morgan fingerprint density at radius 3 is 2.54 bits per heavy atom. The lowest BCUT2D eigenvalue weighted by atomic mass is 9.90. The van der Waals surface area contributed by atoms with Crippen molar-refractivity contribution in [1.82, 2.24) is 5.32 Å². The number of ether oxygens (including phenoxy) is 1. The van der Waals surface area contributed by atoms with E-state index in [-0.39, 0.29) is 18.2 Å². The number of benzene rings is 1. The fourth-order valence-corrected chi connectivity index (χ4v) is 3.31. The van der Waals surface area contributed by atoms with Gasteiger partial charge < -0.3 is 15.4 Å². The van der Waals surface area contributed by atoms with Crippen LogP contribution in [-0.4, -0.2) is 23.8 Å². The highest BCUT2D eigenvalue weighted by atomic mass is 79.9. The summed E-state index contributed by atoms with van der Waals surface area (Å²) in [6, 6.07) is 7.88. The highest BCUT2D eigenvalue weighted by molar-refractivity contribution is 9.10. The van der Waals surface area contributed by atoms with Gasteiger partial charge in [0.2, 0.25) is 0 Å². The third-order valence-corrected chi connectivity index (χ3v) is 4.57. The first-order valence-corrected chi connectivity index (χ1v) is 9.03. The van der Waals surface area contributed by atoms with Crippen molar-refractivity contribution in [3.8, 4) is 6.07 Å². The van der Waals surface area contributed by atoms with E-state index in [1.807, 2.05) is 32.9 Å². The van der Waals surface area contributed by atoms with Gasteiger partial charge in [-0.3, -0.25) is 0 Å². The Labute approximate surface area is 151 Å². The van der Waals surface area contributed by atoms with Crippen molar-refractivity contribution in [2.75, 3.05) is 5.32 Å². The summed E-state index contributed by atoms with van der Waals surface area (Å²) in [5.41, 5.74) is 1.04. The highest BCUT2D eigenvalue weighted by Gasteiger charge is 2.28. The maximum absolute atomic E-state index is 12.1. The van der Waals surface area contributed by atoms with Crippen LogP contribution in [-0.2, 0) is 4.74 Å². The van der Waals surface area contributed by atoms with Crippen LogP contribution in [0.2, 0.25) is 0 Å². The van der Waals surface area contributed by atoms with E-state index in [0.29, 0.717) is 5.56 Å². The van der Waals surface area contributed by atoms with Crippen molar-refractivity contribution in [3.05, 3.63) is 28.2 Å². The van der Waals surface area contributed by atoms with Crippen LogP contribution >= 0.6 is 15.9 Å². The number of halogens is 1. The summed E-state index contributed by atoms with van der Waals surface area (Å²) < 4.78 is 6.13. The van der Waals surface area contributed by atoms with Crippen LogP contribution in [0.15, 0.2) is 22.7 Å². The topological polar surface area (TPSA) is 74.2 Å². The van der Waals surface area contributed by atoms with Crippen LogP contribution in [0.5, 0.6) is 0 Å². The summed E-state index contributed by atoms with van der Waals surface area (Å²) in [6.07, 6.45) is 3.76. The van der Waals surface area contributed by atoms with E-state index in [1.165, 1.54) is 0 Å². The number of nitrogens with one attached hydrogen (secondary N) is 2. The molecule has 1 fully saturated rings. The molecule has 0 aromatic heterocycles. The van der Waals surface area contributed by atoms with E-state index in [1.54, 1.807) is 6.07 Å². The van der Waals surface area contributed by atoms with Crippen molar-refractivity contribution >= 4 is 27.7 Å². The van der Waals surface area contributed by atoms with Gasteiger partial charge in [0.1, 0.15) is 11.7 Å². The number of hydrogen-bond donors (Lipinski definition) is 2. The molecule has 0 spiro atoms. The second kappa shape index (κ2) is 7.89. The van der Waals surface area contributed by atoms with Gasteiger partial charge in [0.25, 0.3) is 0 Å². The number of anilines is 1. The largest absolute Gasteiger partial charge is 0.444 e. The predicted molar refractivity (Wildman–Crippen MR) is 97.9 cm³/mol. The maximum Gasteiger partial charge on any atom is 0.407 e. The molecule has 5 nitrogen and oxygen atoms in total. The van der Waals surface area contributed by atoms with Crippen molar-refractivity contribution in [3.63, 3.8) is 0 Å². The number of carbonyl (C=O) groups is 1. The van der Waals surface area contributed by atoms with Gasteiger partial charge in [-0.15, -0.1) is 0 Å². The molecule has 2 rings (SSSR count). The van der Waals surface area contributed by atoms with Gasteiger partial charge >= 0.3 is 6.09 Å². The smallest absolute Gasteiger partial charge is 0.407 e. The lowest BCUT2D eigenvalue weighted by Gasteiger charge is -2.34. The van der Waals surface area contributed by atoms with Crippen molar-refractivity contribution in [1.29, 1.82) is 5.26 Å². The molecule has 1 aromatic rings. The Hall–Kier alpha value is -1.74. The Kier molecular flexibility index (Phi) is 6.11. The summed E-state index contributed by atoms with van der Waals surface area (Å²) in [7, 11) is 0. The number of amides is 1. The molecule has 0 aliphatic heterocycles. The molecule has 1 aliphatic rings. The molecule has 1 aliphatic carbocycles. The molecular formula is C18H24BrN3O2. The normalized spacial score (nSPS) is 20.8. The first-order valence-electron chi connectivity index (χ1n) is 8.24. The number of alkyl carbamates (subject to hydrolysis) is 1. The van der Waals surface area contributed by atoms with Crippen LogP contribution in [0, 0.1) is 11.3 Å². The van der Waals surface area contributed by atoms with E-state index in [2.05, 4.69) is 32.6 Å². The molecular weight excluding hydrogens is 370 g/mol. The fourth-order valence-electron chi connectivity index (χ4n) is 2.84. The van der Waals surface area contributed by atoms with Crippen LogP contribution in [0.1, 0.15) is 52.0 Å². The third kappa shape index (κ3) is 5.41. The number of hydrogen-bond acceptors (Lipinski definition) is 4.